The molecule has 0 saturated carbocycles. The highest BCUT2D eigenvalue weighted by molar-refractivity contribution is 7.89. The van der Waals surface area contributed by atoms with Gasteiger partial charge in [-0.1, -0.05) is 37.3 Å². The van der Waals surface area contributed by atoms with Crippen molar-refractivity contribution in [2.24, 2.45) is 0 Å². The summed E-state index contributed by atoms with van der Waals surface area (Å²) in [7, 11) is -2.02. The highest BCUT2D eigenvalue weighted by Gasteiger charge is 2.30. The molecular weight excluding hydrogens is 376 g/mol. The van der Waals surface area contributed by atoms with Crippen molar-refractivity contribution in [3.8, 4) is 5.75 Å². The molecule has 1 amide bonds. The van der Waals surface area contributed by atoms with Crippen LogP contribution in [0.4, 0.5) is 0 Å². The van der Waals surface area contributed by atoms with Gasteiger partial charge in [0.25, 0.3) is 0 Å². The number of hydrogen-bond acceptors (Lipinski definition) is 4. The Labute approximate surface area is 166 Å². The van der Waals surface area contributed by atoms with Gasteiger partial charge in [0.2, 0.25) is 15.9 Å². The molecule has 28 heavy (non-hydrogen) atoms. The lowest BCUT2D eigenvalue weighted by Gasteiger charge is -2.34. The Bertz CT molecular complexity index is 890. The smallest absolute Gasteiger partial charge is 0.243 e. The third-order valence-corrected chi connectivity index (χ3v) is 7.05. The zero-order chi connectivity index (χ0) is 20.1. The third-order valence-electron chi connectivity index (χ3n) is 5.14. The lowest BCUT2D eigenvalue weighted by Crippen LogP contribution is -2.50. The van der Waals surface area contributed by atoms with Gasteiger partial charge in [0, 0.05) is 32.6 Å². The van der Waals surface area contributed by atoms with E-state index in [-0.39, 0.29) is 16.7 Å². The van der Waals surface area contributed by atoms with Crippen LogP contribution in [0.2, 0.25) is 0 Å². The van der Waals surface area contributed by atoms with Gasteiger partial charge in [0.1, 0.15) is 5.75 Å². The van der Waals surface area contributed by atoms with E-state index < -0.39 is 10.0 Å². The fourth-order valence-corrected chi connectivity index (χ4v) is 4.79. The molecule has 0 aliphatic carbocycles. The first-order chi connectivity index (χ1) is 13.4. The van der Waals surface area contributed by atoms with Crippen molar-refractivity contribution in [1.82, 2.24) is 9.21 Å². The quantitative estimate of drug-likeness (QED) is 0.745. The lowest BCUT2D eigenvalue weighted by molar-refractivity contribution is -0.132. The van der Waals surface area contributed by atoms with Crippen LogP contribution in [0.25, 0.3) is 0 Å². The van der Waals surface area contributed by atoms with E-state index in [0.717, 1.165) is 5.56 Å². The first-order valence-corrected chi connectivity index (χ1v) is 10.8. The standard InChI is InChI=1S/C21H26N2O4S/c1-17(18-6-4-3-5-7-18)16-21(24)22-12-14-23(15-13-22)28(25,26)20-10-8-19(27-2)9-11-20/h3-11,17H,12-16H2,1-2H3/t17-/m1/s1. The van der Waals surface area contributed by atoms with Gasteiger partial charge >= 0.3 is 0 Å². The second-order valence-corrected chi connectivity index (χ2v) is 8.91. The average molecular weight is 403 g/mol. The highest BCUT2D eigenvalue weighted by atomic mass is 32.2. The van der Waals surface area contributed by atoms with Crippen molar-refractivity contribution < 1.29 is 17.9 Å². The van der Waals surface area contributed by atoms with E-state index in [1.165, 1.54) is 4.31 Å². The molecule has 1 atom stereocenters. The molecule has 0 radical (unpaired) electrons. The molecule has 0 spiro atoms. The molecule has 1 aliphatic rings. The molecule has 0 N–H and O–H groups in total. The van der Waals surface area contributed by atoms with E-state index in [4.69, 9.17) is 4.74 Å². The molecule has 6 nitrogen and oxygen atoms in total. The number of carbonyl (C=O) groups excluding carboxylic acids is 1. The third kappa shape index (κ3) is 4.54. The molecule has 1 aliphatic heterocycles. The zero-order valence-electron chi connectivity index (χ0n) is 16.2. The summed E-state index contributed by atoms with van der Waals surface area (Å²) in [5.41, 5.74) is 1.14. The molecule has 3 rings (SSSR count). The van der Waals surface area contributed by atoms with Gasteiger partial charge in [-0.25, -0.2) is 8.42 Å². The topological polar surface area (TPSA) is 66.9 Å². The van der Waals surface area contributed by atoms with Crippen molar-refractivity contribution in [2.45, 2.75) is 24.2 Å². The van der Waals surface area contributed by atoms with Crippen molar-refractivity contribution >= 4 is 15.9 Å². The van der Waals surface area contributed by atoms with Crippen LogP contribution >= 0.6 is 0 Å². The van der Waals surface area contributed by atoms with E-state index in [0.29, 0.717) is 38.3 Å². The first kappa shape index (κ1) is 20.4. The number of sulfonamides is 1. The molecular formula is C21H26N2O4S. The highest BCUT2D eigenvalue weighted by Crippen LogP contribution is 2.23. The number of ether oxygens (including phenoxy) is 1. The number of methoxy groups -OCH3 is 1. The number of amides is 1. The van der Waals surface area contributed by atoms with Crippen LogP contribution in [0.1, 0.15) is 24.8 Å². The van der Waals surface area contributed by atoms with Crippen LogP contribution in [0.5, 0.6) is 5.75 Å². The second-order valence-electron chi connectivity index (χ2n) is 6.98. The summed E-state index contributed by atoms with van der Waals surface area (Å²) in [6, 6.07) is 16.3. The molecule has 2 aromatic carbocycles. The minimum atomic E-state index is -3.56. The fraction of sp³-hybridized carbons (Fsp3) is 0.381. The maximum Gasteiger partial charge on any atom is 0.243 e. The molecule has 0 aromatic heterocycles. The molecule has 1 fully saturated rings. The summed E-state index contributed by atoms with van der Waals surface area (Å²) in [5, 5.41) is 0. The van der Waals surface area contributed by atoms with Crippen LogP contribution in [-0.2, 0) is 14.8 Å². The molecule has 150 valence electrons. The van der Waals surface area contributed by atoms with E-state index in [1.807, 2.05) is 37.3 Å². The molecule has 7 heteroatoms. The Kier molecular flexibility index (Phi) is 6.36. The monoisotopic (exact) mass is 402 g/mol. The van der Waals surface area contributed by atoms with Gasteiger partial charge in [-0.3, -0.25) is 4.79 Å². The molecule has 1 heterocycles. The Morgan fingerprint density at radius 3 is 2.18 bits per heavy atom. The predicted molar refractivity (Wildman–Crippen MR) is 108 cm³/mol. The van der Waals surface area contributed by atoms with Gasteiger partial charge in [-0.05, 0) is 35.7 Å². The van der Waals surface area contributed by atoms with Crippen LogP contribution < -0.4 is 4.74 Å². The van der Waals surface area contributed by atoms with Gasteiger partial charge in [-0.2, -0.15) is 4.31 Å². The van der Waals surface area contributed by atoms with Crippen LogP contribution in [0.15, 0.2) is 59.5 Å². The minimum Gasteiger partial charge on any atom is -0.497 e. The number of piperazine rings is 1. The summed E-state index contributed by atoms with van der Waals surface area (Å²) in [6.07, 6.45) is 0.426. The Balaban J connectivity index is 1.58. The Morgan fingerprint density at radius 2 is 1.61 bits per heavy atom. The maximum absolute atomic E-state index is 12.8. The minimum absolute atomic E-state index is 0.0675. The van der Waals surface area contributed by atoms with Gasteiger partial charge in [0.15, 0.2) is 0 Å². The van der Waals surface area contributed by atoms with E-state index in [2.05, 4.69) is 0 Å². The maximum atomic E-state index is 12.8. The number of benzene rings is 2. The van der Waals surface area contributed by atoms with Crippen LogP contribution in [-0.4, -0.2) is 56.8 Å². The van der Waals surface area contributed by atoms with Gasteiger partial charge < -0.3 is 9.64 Å². The molecule has 1 saturated heterocycles. The molecule has 0 unspecified atom stereocenters. The Hall–Kier alpha value is -2.38. The van der Waals surface area contributed by atoms with Crippen molar-refractivity contribution in [3.63, 3.8) is 0 Å². The average Bonchev–Trinajstić information content (AvgIpc) is 2.74. The second kappa shape index (κ2) is 8.75. The van der Waals surface area contributed by atoms with Crippen LogP contribution in [0, 0.1) is 0 Å². The van der Waals surface area contributed by atoms with E-state index in [9.17, 15) is 13.2 Å². The van der Waals surface area contributed by atoms with E-state index in [1.54, 1.807) is 36.3 Å². The number of rotatable bonds is 6. The van der Waals surface area contributed by atoms with Crippen LogP contribution in [0.3, 0.4) is 0 Å². The SMILES string of the molecule is COc1ccc(S(=O)(=O)N2CCN(C(=O)C[C@@H](C)c3ccccc3)CC2)cc1. The van der Waals surface area contributed by atoms with Crippen molar-refractivity contribution in [1.29, 1.82) is 0 Å². The normalized spacial score (nSPS) is 16.6. The summed E-state index contributed by atoms with van der Waals surface area (Å²) in [6.45, 7) is 3.47. The number of carbonyl (C=O) groups is 1. The summed E-state index contributed by atoms with van der Waals surface area (Å²) >= 11 is 0. The van der Waals surface area contributed by atoms with Crippen molar-refractivity contribution in [2.75, 3.05) is 33.3 Å². The van der Waals surface area contributed by atoms with Crippen molar-refractivity contribution in [3.05, 3.63) is 60.2 Å². The van der Waals surface area contributed by atoms with E-state index >= 15 is 0 Å². The predicted octanol–water partition coefficient (Wildman–Crippen LogP) is 2.72. The summed E-state index contributed by atoms with van der Waals surface area (Å²) in [5.74, 6) is 0.814. The number of nitrogens with zero attached hydrogens (tertiary/aromatic N) is 2. The largest absolute Gasteiger partial charge is 0.497 e. The fourth-order valence-electron chi connectivity index (χ4n) is 3.37. The number of hydrogen-bond donors (Lipinski definition) is 0. The summed E-state index contributed by atoms with van der Waals surface area (Å²) < 4.78 is 32.1. The zero-order valence-corrected chi connectivity index (χ0v) is 17.1. The lowest BCUT2D eigenvalue weighted by atomic mass is 9.97. The Morgan fingerprint density at radius 1 is 1.00 bits per heavy atom. The first-order valence-electron chi connectivity index (χ1n) is 9.38. The van der Waals surface area contributed by atoms with Gasteiger partial charge in [0.05, 0.1) is 12.0 Å². The molecule has 0 bridgehead atoms. The van der Waals surface area contributed by atoms with Gasteiger partial charge in [-0.15, -0.1) is 0 Å². The molecule has 2 aromatic rings. The summed E-state index contributed by atoms with van der Waals surface area (Å²) in [4.78, 5) is 14.6.